The van der Waals surface area contributed by atoms with E-state index >= 15 is 0 Å². The number of sulfone groups is 1. The van der Waals surface area contributed by atoms with Crippen LogP contribution >= 0.6 is 0 Å². The van der Waals surface area contributed by atoms with Crippen LogP contribution in [0.5, 0.6) is 0 Å². The molecule has 0 amide bonds. The number of hydrogen-bond acceptors (Lipinski definition) is 2. The van der Waals surface area contributed by atoms with E-state index in [1.807, 2.05) is 0 Å². The largest absolute Gasteiger partial charge is 0.252 e. The molecule has 0 aliphatic heterocycles. The van der Waals surface area contributed by atoms with Crippen LogP contribution in [0.25, 0.3) is 0 Å². The first kappa shape index (κ1) is 7.81. The van der Waals surface area contributed by atoms with Gasteiger partial charge >= 0.3 is 0 Å². The van der Waals surface area contributed by atoms with Crippen LogP contribution in [0.4, 0.5) is 8.78 Å². The Morgan fingerprint density at radius 2 is 1.88 bits per heavy atom. The van der Waals surface area contributed by atoms with Gasteiger partial charge in [-0.1, -0.05) is 0 Å². The van der Waals surface area contributed by atoms with Gasteiger partial charge in [-0.05, 0) is 0 Å². The van der Waals surface area contributed by atoms with Gasteiger partial charge in [-0.15, -0.1) is 0 Å². The summed E-state index contributed by atoms with van der Waals surface area (Å²) in [7, 11) is -3.47. The van der Waals surface area contributed by atoms with E-state index in [9.17, 15) is 17.2 Å². The molecule has 0 rings (SSSR count). The van der Waals surface area contributed by atoms with Crippen LogP contribution in [-0.4, -0.2) is 26.9 Å². The van der Waals surface area contributed by atoms with E-state index < -0.39 is 22.0 Å². The molecule has 0 radical (unpaired) electrons. The van der Waals surface area contributed by atoms with E-state index in [2.05, 4.69) is 0 Å². The molecule has 0 heterocycles. The molecule has 0 bridgehead atoms. The van der Waals surface area contributed by atoms with Gasteiger partial charge in [-0.25, -0.2) is 17.2 Å². The van der Waals surface area contributed by atoms with Crippen molar-refractivity contribution in [3.8, 4) is 0 Å². The molecular weight excluding hydrogens is 138 g/mol. The molecule has 0 aromatic heterocycles. The van der Waals surface area contributed by atoms with E-state index in [1.54, 1.807) is 0 Å². The van der Waals surface area contributed by atoms with E-state index in [-0.39, 0.29) is 0 Å². The van der Waals surface area contributed by atoms with Gasteiger partial charge in [0.25, 0.3) is 6.43 Å². The molecule has 0 atom stereocenters. The Hall–Kier alpha value is -0.190. The number of halogens is 2. The lowest BCUT2D eigenvalue weighted by Crippen LogP contribution is -2.10. The molecule has 0 aromatic carbocycles. The Morgan fingerprint density at radius 1 is 1.50 bits per heavy atom. The normalized spacial score (nSPS) is 12.5. The molecule has 0 aliphatic rings. The maximum atomic E-state index is 11.2. The summed E-state index contributed by atoms with van der Waals surface area (Å²) in [6.45, 7) is 0. The molecule has 0 fully saturated rings. The van der Waals surface area contributed by atoms with Gasteiger partial charge in [0, 0.05) is 6.26 Å². The summed E-state index contributed by atoms with van der Waals surface area (Å²) in [5.74, 6) is -1.03. The first-order valence-electron chi connectivity index (χ1n) is 1.87. The van der Waals surface area contributed by atoms with Crippen molar-refractivity contribution >= 4 is 9.84 Å². The summed E-state index contributed by atoms with van der Waals surface area (Å²) in [5.41, 5.74) is 0. The fourth-order valence-corrected chi connectivity index (χ4v) is 0.687. The first-order chi connectivity index (χ1) is 3.42. The van der Waals surface area contributed by atoms with Gasteiger partial charge in [0.05, 0.1) is 0 Å². The van der Waals surface area contributed by atoms with Crippen LogP contribution in [0.15, 0.2) is 0 Å². The second-order valence-electron chi connectivity index (χ2n) is 1.48. The monoisotopic (exact) mass is 144 g/mol. The molecule has 0 saturated heterocycles. The number of hydrogen-bond donors (Lipinski definition) is 0. The molecule has 0 aliphatic carbocycles. The van der Waals surface area contributed by atoms with Gasteiger partial charge in [0.2, 0.25) is 0 Å². The minimum Gasteiger partial charge on any atom is -0.229 e. The fourth-order valence-electron chi connectivity index (χ4n) is 0.229. The average Bonchev–Trinajstić information content (AvgIpc) is 1.21. The predicted octanol–water partition coefficient (Wildman–Crippen LogP) is 0.296. The lowest BCUT2D eigenvalue weighted by molar-refractivity contribution is 0.174. The van der Waals surface area contributed by atoms with E-state index in [4.69, 9.17) is 0 Å². The Labute approximate surface area is 46.4 Å². The predicted molar refractivity (Wildman–Crippen MR) is 25.7 cm³/mol. The van der Waals surface area contributed by atoms with Crippen molar-refractivity contribution in [1.29, 1.82) is 0 Å². The van der Waals surface area contributed by atoms with E-state index in [1.165, 1.54) is 0 Å². The topological polar surface area (TPSA) is 34.1 Å². The minimum absolute atomic E-state index is 0.777. The van der Waals surface area contributed by atoms with Crippen LogP contribution in [0.2, 0.25) is 0 Å². The van der Waals surface area contributed by atoms with Gasteiger partial charge in [0.1, 0.15) is 5.75 Å². The third-order valence-corrected chi connectivity index (χ3v) is 1.29. The maximum absolute atomic E-state index is 11.2. The second-order valence-corrected chi connectivity index (χ2v) is 3.67. The van der Waals surface area contributed by atoms with E-state index in [0.29, 0.717) is 0 Å². The molecule has 0 spiro atoms. The lowest BCUT2D eigenvalue weighted by atomic mass is 10.9. The molecular formula is C3H6F2O2S. The van der Waals surface area contributed by atoms with Gasteiger partial charge in [-0.3, -0.25) is 0 Å². The molecule has 8 heavy (non-hydrogen) atoms. The van der Waals surface area contributed by atoms with Crippen molar-refractivity contribution in [2.45, 2.75) is 6.43 Å². The smallest absolute Gasteiger partial charge is 0.229 e. The minimum atomic E-state index is -3.47. The molecule has 0 saturated carbocycles. The Kier molecular flexibility index (Phi) is 2.33. The quantitative estimate of drug-likeness (QED) is 0.558. The number of rotatable bonds is 2. The summed E-state index contributed by atoms with van der Waals surface area (Å²) in [6, 6.07) is 0. The van der Waals surface area contributed by atoms with Crippen LogP contribution in [0.3, 0.4) is 0 Å². The highest BCUT2D eigenvalue weighted by Crippen LogP contribution is 1.95. The highest BCUT2D eigenvalue weighted by molar-refractivity contribution is 7.90. The molecule has 0 N–H and O–H groups in total. The molecule has 0 aromatic rings. The average molecular weight is 144 g/mol. The third-order valence-electron chi connectivity index (χ3n) is 0.429. The summed E-state index contributed by atoms with van der Waals surface area (Å²) in [5, 5.41) is 0. The summed E-state index contributed by atoms with van der Waals surface area (Å²) in [4.78, 5) is 0. The van der Waals surface area contributed by atoms with Crippen molar-refractivity contribution < 1.29 is 17.2 Å². The maximum Gasteiger partial charge on any atom is 0.252 e. The third kappa shape index (κ3) is 5.81. The highest BCUT2D eigenvalue weighted by Gasteiger charge is 2.10. The highest BCUT2D eigenvalue weighted by atomic mass is 32.2. The van der Waals surface area contributed by atoms with Gasteiger partial charge < -0.3 is 0 Å². The number of alkyl halides is 2. The van der Waals surface area contributed by atoms with Gasteiger partial charge in [-0.2, -0.15) is 0 Å². The standard InChI is InChI=1S/C3H6F2O2S/c1-8(6,7)2-3(4)5/h3H,2H2,1H3. The first-order valence-corrected chi connectivity index (χ1v) is 3.94. The Bertz CT molecular complexity index is 149. The van der Waals surface area contributed by atoms with Crippen molar-refractivity contribution in [1.82, 2.24) is 0 Å². The van der Waals surface area contributed by atoms with E-state index in [0.717, 1.165) is 6.26 Å². The van der Waals surface area contributed by atoms with Crippen molar-refractivity contribution in [2.24, 2.45) is 0 Å². The van der Waals surface area contributed by atoms with Crippen LogP contribution in [0, 0.1) is 0 Å². The van der Waals surface area contributed by atoms with Gasteiger partial charge in [0.15, 0.2) is 9.84 Å². The van der Waals surface area contributed by atoms with Crippen molar-refractivity contribution in [3.63, 3.8) is 0 Å². The Morgan fingerprint density at radius 3 is 1.88 bits per heavy atom. The molecule has 0 unspecified atom stereocenters. The lowest BCUT2D eigenvalue weighted by Gasteiger charge is -1.92. The SMILES string of the molecule is CS(=O)(=O)CC(F)F. The molecule has 5 heteroatoms. The van der Waals surface area contributed by atoms with Crippen LogP contribution in [-0.2, 0) is 9.84 Å². The summed E-state index contributed by atoms with van der Waals surface area (Å²) in [6.07, 6.45) is -1.97. The van der Waals surface area contributed by atoms with Crippen molar-refractivity contribution in [3.05, 3.63) is 0 Å². The summed E-state index contributed by atoms with van der Waals surface area (Å²) < 4.78 is 42.2. The zero-order chi connectivity index (χ0) is 6.78. The molecule has 50 valence electrons. The Balaban J connectivity index is 3.75. The van der Waals surface area contributed by atoms with Crippen LogP contribution in [0.1, 0.15) is 0 Å². The fraction of sp³-hybridized carbons (Fsp3) is 1.00. The van der Waals surface area contributed by atoms with Crippen molar-refractivity contribution in [2.75, 3.05) is 12.0 Å². The van der Waals surface area contributed by atoms with Crippen LogP contribution < -0.4 is 0 Å². The second kappa shape index (κ2) is 2.39. The molecule has 2 nitrogen and oxygen atoms in total. The zero-order valence-corrected chi connectivity index (χ0v) is 5.08. The summed E-state index contributed by atoms with van der Waals surface area (Å²) >= 11 is 0. The zero-order valence-electron chi connectivity index (χ0n) is 4.27.